The number of rotatable bonds is 5. The van der Waals surface area contributed by atoms with Crippen molar-refractivity contribution < 1.29 is 9.59 Å². The number of piperidine rings is 1. The van der Waals surface area contributed by atoms with E-state index in [2.05, 4.69) is 18.7 Å². The van der Waals surface area contributed by atoms with Gasteiger partial charge in [-0.1, -0.05) is 12.8 Å². The van der Waals surface area contributed by atoms with Crippen LogP contribution in [0.15, 0.2) is 0 Å². The minimum Gasteiger partial charge on any atom is -0.351 e. The normalized spacial score (nSPS) is 20.9. The first kappa shape index (κ1) is 19.0. The molecule has 6 heteroatoms. The maximum Gasteiger partial charge on any atom is 0.314 e. The zero-order chi connectivity index (χ0) is 17.5. The van der Waals surface area contributed by atoms with E-state index >= 15 is 0 Å². The van der Waals surface area contributed by atoms with Crippen LogP contribution in [0.5, 0.6) is 0 Å². The monoisotopic (exact) mass is 338 g/mol. The topological polar surface area (TPSA) is 69.9 Å². The van der Waals surface area contributed by atoms with Crippen molar-refractivity contribution in [2.75, 3.05) is 39.3 Å². The molecule has 2 rings (SSSR count). The Hall–Kier alpha value is -1.30. The molecule has 0 spiro atoms. The third-order valence-corrected chi connectivity index (χ3v) is 5.42. The van der Waals surface area contributed by atoms with Crippen molar-refractivity contribution in [1.82, 2.24) is 14.7 Å². The number of urea groups is 1. The van der Waals surface area contributed by atoms with Gasteiger partial charge in [0.05, 0.1) is 0 Å². The molecule has 0 unspecified atom stereocenters. The fourth-order valence-electron chi connectivity index (χ4n) is 3.81. The minimum atomic E-state index is -0.372. The van der Waals surface area contributed by atoms with Crippen LogP contribution < -0.4 is 5.73 Å². The van der Waals surface area contributed by atoms with E-state index in [1.165, 1.54) is 25.7 Å². The van der Waals surface area contributed by atoms with Gasteiger partial charge < -0.3 is 20.4 Å². The molecule has 2 aliphatic heterocycles. The van der Waals surface area contributed by atoms with Gasteiger partial charge in [-0.15, -0.1) is 0 Å². The number of nitrogens with zero attached hydrogens (tertiary/aromatic N) is 3. The first-order chi connectivity index (χ1) is 11.5. The highest BCUT2D eigenvalue weighted by Crippen LogP contribution is 2.21. The third kappa shape index (κ3) is 5.36. The third-order valence-electron chi connectivity index (χ3n) is 5.42. The number of amides is 3. The van der Waals surface area contributed by atoms with Gasteiger partial charge in [0.2, 0.25) is 5.91 Å². The van der Waals surface area contributed by atoms with Crippen molar-refractivity contribution in [3.63, 3.8) is 0 Å². The maximum absolute atomic E-state index is 12.9. The molecule has 2 saturated heterocycles. The second kappa shape index (κ2) is 9.25. The van der Waals surface area contributed by atoms with Crippen LogP contribution in [-0.4, -0.2) is 71.9 Å². The number of primary amides is 1. The van der Waals surface area contributed by atoms with E-state index in [9.17, 15) is 9.59 Å². The van der Waals surface area contributed by atoms with Crippen LogP contribution >= 0.6 is 0 Å². The summed E-state index contributed by atoms with van der Waals surface area (Å²) in [6.07, 6.45) is 6.69. The molecule has 3 amide bonds. The van der Waals surface area contributed by atoms with Crippen molar-refractivity contribution >= 4 is 11.9 Å². The largest absolute Gasteiger partial charge is 0.351 e. The molecule has 0 saturated carbocycles. The first-order valence-corrected chi connectivity index (χ1v) is 9.56. The molecule has 2 aliphatic rings. The molecular weight excluding hydrogens is 304 g/mol. The summed E-state index contributed by atoms with van der Waals surface area (Å²) in [6, 6.07) is -0.151. The predicted octanol–water partition coefficient (Wildman–Crippen LogP) is 1.89. The van der Waals surface area contributed by atoms with E-state index in [1.54, 1.807) is 4.90 Å². The molecule has 2 heterocycles. The smallest absolute Gasteiger partial charge is 0.314 e. The van der Waals surface area contributed by atoms with Gasteiger partial charge in [0.25, 0.3) is 0 Å². The molecule has 0 radical (unpaired) electrons. The van der Waals surface area contributed by atoms with Crippen molar-refractivity contribution in [1.29, 1.82) is 0 Å². The molecule has 2 N–H and O–H groups in total. The Bertz CT molecular complexity index is 411. The molecule has 2 fully saturated rings. The van der Waals surface area contributed by atoms with Gasteiger partial charge in [0, 0.05) is 38.1 Å². The summed E-state index contributed by atoms with van der Waals surface area (Å²) in [7, 11) is 0. The second-order valence-corrected chi connectivity index (χ2v) is 7.48. The molecule has 0 aromatic heterocycles. The van der Waals surface area contributed by atoms with Crippen LogP contribution in [0.25, 0.3) is 0 Å². The summed E-state index contributed by atoms with van der Waals surface area (Å²) in [4.78, 5) is 30.3. The SMILES string of the molecule is CC(C)N(CCN1CCCCCC1)C(=O)C1CCN(C(N)=O)CC1. The summed E-state index contributed by atoms with van der Waals surface area (Å²) in [5.41, 5.74) is 5.33. The Morgan fingerprint density at radius 1 is 1.04 bits per heavy atom. The number of hydrogen-bond acceptors (Lipinski definition) is 3. The number of carbonyl (C=O) groups excluding carboxylic acids is 2. The zero-order valence-corrected chi connectivity index (χ0v) is 15.4. The van der Waals surface area contributed by atoms with Crippen LogP contribution in [0.2, 0.25) is 0 Å². The Kier molecular flexibility index (Phi) is 7.34. The fourth-order valence-corrected chi connectivity index (χ4v) is 3.81. The second-order valence-electron chi connectivity index (χ2n) is 7.48. The number of nitrogens with two attached hydrogens (primary N) is 1. The highest BCUT2D eigenvalue weighted by molar-refractivity contribution is 5.80. The number of likely N-dealkylation sites (tertiary alicyclic amines) is 2. The molecule has 0 bridgehead atoms. The Balaban J connectivity index is 1.85. The zero-order valence-electron chi connectivity index (χ0n) is 15.4. The standard InChI is InChI=1S/C18H34N4O2/c1-15(2)22(14-13-20-9-5-3-4-6-10-20)17(23)16-7-11-21(12-8-16)18(19)24/h15-16H,3-14H2,1-2H3,(H2,19,24). The van der Waals surface area contributed by atoms with Crippen molar-refractivity contribution in [3.05, 3.63) is 0 Å². The molecule has 24 heavy (non-hydrogen) atoms. The average Bonchev–Trinajstić information content (AvgIpc) is 2.83. The highest BCUT2D eigenvalue weighted by atomic mass is 16.2. The fraction of sp³-hybridized carbons (Fsp3) is 0.889. The summed E-state index contributed by atoms with van der Waals surface area (Å²) in [6.45, 7) is 9.51. The van der Waals surface area contributed by atoms with Gasteiger partial charge in [-0.05, 0) is 52.6 Å². The summed E-state index contributed by atoms with van der Waals surface area (Å²) < 4.78 is 0. The summed E-state index contributed by atoms with van der Waals surface area (Å²) in [5, 5.41) is 0. The number of carbonyl (C=O) groups is 2. The van der Waals surface area contributed by atoms with Crippen LogP contribution in [0, 0.1) is 5.92 Å². The van der Waals surface area contributed by atoms with E-state index in [1.807, 2.05) is 4.90 Å². The van der Waals surface area contributed by atoms with Gasteiger partial charge in [0.1, 0.15) is 0 Å². The average molecular weight is 338 g/mol. The summed E-state index contributed by atoms with van der Waals surface area (Å²) >= 11 is 0. The lowest BCUT2D eigenvalue weighted by atomic mass is 9.95. The van der Waals surface area contributed by atoms with Crippen molar-refractivity contribution in [3.8, 4) is 0 Å². The predicted molar refractivity (Wildman–Crippen MR) is 95.6 cm³/mol. The lowest BCUT2D eigenvalue weighted by Crippen LogP contribution is -2.49. The van der Waals surface area contributed by atoms with E-state index < -0.39 is 0 Å². The van der Waals surface area contributed by atoms with E-state index in [4.69, 9.17) is 5.73 Å². The highest BCUT2D eigenvalue weighted by Gasteiger charge is 2.30. The van der Waals surface area contributed by atoms with E-state index in [0.29, 0.717) is 13.1 Å². The van der Waals surface area contributed by atoms with Crippen LogP contribution in [0.4, 0.5) is 4.79 Å². The van der Waals surface area contributed by atoms with E-state index in [-0.39, 0.29) is 23.9 Å². The minimum absolute atomic E-state index is 0.0344. The summed E-state index contributed by atoms with van der Waals surface area (Å²) in [5.74, 6) is 0.288. The molecule has 0 atom stereocenters. The number of hydrogen-bond donors (Lipinski definition) is 1. The lowest BCUT2D eigenvalue weighted by Gasteiger charge is -2.36. The Labute approximate surface area is 146 Å². The molecule has 0 aliphatic carbocycles. The molecular formula is C18H34N4O2. The van der Waals surface area contributed by atoms with Gasteiger partial charge in [0.15, 0.2) is 0 Å². The molecule has 0 aromatic rings. The molecule has 0 aromatic carbocycles. The van der Waals surface area contributed by atoms with Gasteiger partial charge in [-0.3, -0.25) is 4.79 Å². The Morgan fingerprint density at radius 3 is 2.12 bits per heavy atom. The van der Waals surface area contributed by atoms with Crippen LogP contribution in [0.3, 0.4) is 0 Å². The quantitative estimate of drug-likeness (QED) is 0.832. The molecule has 138 valence electrons. The first-order valence-electron chi connectivity index (χ1n) is 9.56. The van der Waals surface area contributed by atoms with Crippen molar-refractivity contribution in [2.45, 2.75) is 58.4 Å². The lowest BCUT2D eigenvalue weighted by molar-refractivity contribution is -0.138. The Morgan fingerprint density at radius 2 is 1.62 bits per heavy atom. The van der Waals surface area contributed by atoms with Crippen LogP contribution in [-0.2, 0) is 4.79 Å². The molecule has 6 nitrogen and oxygen atoms in total. The van der Waals surface area contributed by atoms with Gasteiger partial charge in [-0.2, -0.15) is 0 Å². The van der Waals surface area contributed by atoms with Gasteiger partial charge >= 0.3 is 6.03 Å². The maximum atomic E-state index is 12.9. The van der Waals surface area contributed by atoms with Crippen molar-refractivity contribution in [2.24, 2.45) is 11.7 Å². The van der Waals surface area contributed by atoms with E-state index in [0.717, 1.165) is 39.0 Å². The van der Waals surface area contributed by atoms with Gasteiger partial charge in [-0.25, -0.2) is 4.79 Å². The van der Waals surface area contributed by atoms with Crippen LogP contribution in [0.1, 0.15) is 52.4 Å².